The van der Waals surface area contributed by atoms with Gasteiger partial charge in [-0.15, -0.1) is 0 Å². The lowest BCUT2D eigenvalue weighted by atomic mass is 10.0. The van der Waals surface area contributed by atoms with E-state index in [2.05, 4.69) is 73.9 Å². The summed E-state index contributed by atoms with van der Waals surface area (Å²) in [6, 6.07) is 18.9. The van der Waals surface area contributed by atoms with Gasteiger partial charge in [0.2, 0.25) is 0 Å². The normalized spacial score (nSPS) is 19.3. The monoisotopic (exact) mass is 479 g/mol. The highest BCUT2D eigenvalue weighted by atomic mass is 16.5. The van der Waals surface area contributed by atoms with Crippen molar-refractivity contribution >= 4 is 23.2 Å². The van der Waals surface area contributed by atoms with Gasteiger partial charge in [-0.1, -0.05) is 30.3 Å². The van der Waals surface area contributed by atoms with E-state index >= 15 is 0 Å². The number of para-hydroxylation sites is 1. The van der Waals surface area contributed by atoms with Gasteiger partial charge < -0.3 is 25.2 Å². The Labute approximate surface area is 208 Å². The molecule has 2 amide bonds. The first-order chi connectivity index (χ1) is 17.0. The van der Waals surface area contributed by atoms with Crippen LogP contribution in [0, 0.1) is 0 Å². The Bertz CT molecular complexity index is 953. The van der Waals surface area contributed by atoms with Crippen molar-refractivity contribution in [3.05, 3.63) is 60.2 Å². The molecule has 2 N–H and O–H groups in total. The molecule has 0 bridgehead atoms. The van der Waals surface area contributed by atoms with Crippen LogP contribution in [0.1, 0.15) is 24.4 Å². The molecule has 2 fully saturated rings. The number of nitrogens with one attached hydrogen (secondary N) is 2. The number of hydrogen-bond donors (Lipinski definition) is 2. The molecule has 4 rings (SSSR count). The van der Waals surface area contributed by atoms with Crippen molar-refractivity contribution in [2.75, 3.05) is 69.8 Å². The van der Waals surface area contributed by atoms with E-state index in [1.807, 2.05) is 20.2 Å². The number of amides is 2. The fourth-order valence-electron chi connectivity index (χ4n) is 4.74. The van der Waals surface area contributed by atoms with Crippen LogP contribution in [0.4, 0.5) is 11.4 Å². The predicted octanol–water partition coefficient (Wildman–Crippen LogP) is 2.03. The fraction of sp³-hybridized carbons (Fsp3) is 0.481. The highest BCUT2D eigenvalue weighted by Crippen LogP contribution is 2.25. The van der Waals surface area contributed by atoms with E-state index in [9.17, 15) is 9.59 Å². The van der Waals surface area contributed by atoms with Crippen LogP contribution in [0.15, 0.2) is 54.6 Å². The lowest BCUT2D eigenvalue weighted by Gasteiger charge is -2.40. The van der Waals surface area contributed by atoms with Crippen LogP contribution in [0.5, 0.6) is 0 Å². The van der Waals surface area contributed by atoms with Gasteiger partial charge in [-0.3, -0.25) is 14.5 Å². The molecule has 2 aliphatic rings. The topological polar surface area (TPSA) is 77.1 Å². The number of piperazine rings is 1. The molecule has 2 aromatic carbocycles. The van der Waals surface area contributed by atoms with Gasteiger partial charge in [-0.25, -0.2) is 0 Å². The first kappa shape index (κ1) is 25.0. The highest BCUT2D eigenvalue weighted by Gasteiger charge is 2.27. The van der Waals surface area contributed by atoms with Crippen LogP contribution >= 0.6 is 0 Å². The minimum absolute atomic E-state index is 0.00983. The first-order valence-corrected chi connectivity index (χ1v) is 12.5. The zero-order valence-electron chi connectivity index (χ0n) is 20.8. The summed E-state index contributed by atoms with van der Waals surface area (Å²) < 4.78 is 5.52. The van der Waals surface area contributed by atoms with Crippen molar-refractivity contribution < 1.29 is 14.3 Å². The van der Waals surface area contributed by atoms with Gasteiger partial charge in [0.05, 0.1) is 12.1 Å². The van der Waals surface area contributed by atoms with Crippen LogP contribution in [0.2, 0.25) is 0 Å². The number of anilines is 2. The van der Waals surface area contributed by atoms with Crippen LogP contribution in [-0.2, 0) is 14.3 Å². The van der Waals surface area contributed by atoms with Gasteiger partial charge >= 0.3 is 11.8 Å². The summed E-state index contributed by atoms with van der Waals surface area (Å²) in [4.78, 5) is 31.7. The maximum atomic E-state index is 12.5. The van der Waals surface area contributed by atoms with Crippen molar-refractivity contribution in [1.29, 1.82) is 0 Å². The average Bonchev–Trinajstić information content (AvgIpc) is 3.42. The van der Waals surface area contributed by atoms with E-state index < -0.39 is 11.8 Å². The maximum Gasteiger partial charge on any atom is 0.309 e. The van der Waals surface area contributed by atoms with Crippen LogP contribution < -0.4 is 20.4 Å². The summed E-state index contributed by atoms with van der Waals surface area (Å²) in [7, 11) is 4.04. The molecule has 2 aliphatic heterocycles. The molecule has 0 aliphatic carbocycles. The van der Waals surface area contributed by atoms with Crippen molar-refractivity contribution in [2.45, 2.75) is 25.0 Å². The number of ether oxygens (including phenoxy) is 1. The summed E-state index contributed by atoms with van der Waals surface area (Å²) in [5.41, 5.74) is 3.48. The fourth-order valence-corrected chi connectivity index (χ4v) is 4.74. The third-order valence-corrected chi connectivity index (χ3v) is 6.85. The average molecular weight is 480 g/mol. The minimum Gasteiger partial charge on any atom is -0.378 e. The molecule has 8 nitrogen and oxygen atoms in total. The molecule has 2 heterocycles. The van der Waals surface area contributed by atoms with Crippen molar-refractivity contribution in [3.8, 4) is 0 Å². The lowest BCUT2D eigenvalue weighted by Crippen LogP contribution is -2.51. The molecule has 0 saturated carbocycles. The van der Waals surface area contributed by atoms with Gasteiger partial charge in [0.1, 0.15) is 0 Å². The number of hydrogen-bond acceptors (Lipinski definition) is 6. The first-order valence-electron chi connectivity index (χ1n) is 12.5. The standard InChI is InChI=1S/C27H37N5O3/c1-30(2)22-12-10-21(11-13-22)25(20-29-27(34)26(33)28-19-24-9-6-18-35-24)32-16-14-31(15-17-32)23-7-4-3-5-8-23/h3-5,7-8,10-13,24-25H,6,9,14-20H2,1-2H3,(H,28,33)(H,29,34). The maximum absolute atomic E-state index is 12.5. The zero-order chi connectivity index (χ0) is 24.6. The third-order valence-electron chi connectivity index (χ3n) is 6.85. The summed E-state index contributed by atoms with van der Waals surface area (Å²) >= 11 is 0. The highest BCUT2D eigenvalue weighted by molar-refractivity contribution is 6.35. The smallest absolute Gasteiger partial charge is 0.309 e. The second kappa shape index (κ2) is 12.0. The summed E-state index contributed by atoms with van der Waals surface area (Å²) in [5, 5.41) is 5.59. The van der Waals surface area contributed by atoms with Gasteiger partial charge in [0.25, 0.3) is 0 Å². The Morgan fingerprint density at radius 1 is 0.971 bits per heavy atom. The Morgan fingerprint density at radius 2 is 1.66 bits per heavy atom. The summed E-state index contributed by atoms with van der Waals surface area (Å²) in [6.45, 7) is 5.03. The van der Waals surface area contributed by atoms with Gasteiger partial charge in [-0.05, 0) is 42.7 Å². The van der Waals surface area contributed by atoms with E-state index in [0.717, 1.165) is 56.9 Å². The Balaban J connectivity index is 1.38. The van der Waals surface area contributed by atoms with Crippen LogP contribution in [0.25, 0.3) is 0 Å². The molecule has 0 spiro atoms. The van der Waals surface area contributed by atoms with Crippen molar-refractivity contribution in [2.24, 2.45) is 0 Å². The van der Waals surface area contributed by atoms with E-state index in [0.29, 0.717) is 13.1 Å². The number of benzene rings is 2. The number of carbonyl (C=O) groups excluding carboxylic acids is 2. The summed E-state index contributed by atoms with van der Waals surface area (Å²) in [5.74, 6) is -1.20. The Morgan fingerprint density at radius 3 is 2.29 bits per heavy atom. The molecule has 2 aromatic rings. The molecule has 2 unspecified atom stereocenters. The molecule has 188 valence electrons. The van der Waals surface area contributed by atoms with Crippen LogP contribution in [0.3, 0.4) is 0 Å². The van der Waals surface area contributed by atoms with Crippen molar-refractivity contribution in [1.82, 2.24) is 15.5 Å². The molecule has 2 saturated heterocycles. The minimum atomic E-state index is -0.601. The molecule has 2 atom stereocenters. The molecular weight excluding hydrogens is 442 g/mol. The predicted molar refractivity (Wildman–Crippen MR) is 139 cm³/mol. The zero-order valence-corrected chi connectivity index (χ0v) is 20.8. The summed E-state index contributed by atoms with van der Waals surface area (Å²) in [6.07, 6.45) is 1.93. The van der Waals surface area contributed by atoms with E-state index in [4.69, 9.17) is 4.74 Å². The van der Waals surface area contributed by atoms with Crippen LogP contribution in [-0.4, -0.2) is 82.8 Å². The Kier molecular flexibility index (Phi) is 8.60. The van der Waals surface area contributed by atoms with Crippen molar-refractivity contribution in [3.63, 3.8) is 0 Å². The Hall–Kier alpha value is -3.10. The molecule has 8 heteroatoms. The van der Waals surface area contributed by atoms with E-state index in [1.54, 1.807) is 0 Å². The third kappa shape index (κ3) is 6.74. The second-order valence-electron chi connectivity index (χ2n) is 9.42. The van der Waals surface area contributed by atoms with E-state index in [1.165, 1.54) is 5.69 Å². The quantitative estimate of drug-likeness (QED) is 0.565. The number of rotatable bonds is 8. The SMILES string of the molecule is CN(C)c1ccc(C(CNC(=O)C(=O)NCC2CCCO2)N2CCN(c3ccccc3)CC2)cc1. The lowest BCUT2D eigenvalue weighted by molar-refractivity contribution is -0.139. The molecule has 0 aromatic heterocycles. The largest absolute Gasteiger partial charge is 0.378 e. The molecule has 0 radical (unpaired) electrons. The second-order valence-corrected chi connectivity index (χ2v) is 9.42. The number of nitrogens with zero attached hydrogens (tertiary/aromatic N) is 3. The van der Waals surface area contributed by atoms with Gasteiger partial charge in [0, 0.05) is 71.3 Å². The molecule has 35 heavy (non-hydrogen) atoms. The van der Waals surface area contributed by atoms with E-state index in [-0.39, 0.29) is 12.1 Å². The van der Waals surface area contributed by atoms with Gasteiger partial charge in [0.15, 0.2) is 0 Å². The molecular formula is C27H37N5O3. The van der Waals surface area contributed by atoms with Gasteiger partial charge in [-0.2, -0.15) is 0 Å². The number of carbonyl (C=O) groups is 2.